The number of oxazole rings is 1. The molecule has 0 bridgehead atoms. The molecule has 21 heavy (non-hydrogen) atoms. The molecule has 7 heteroatoms. The summed E-state index contributed by atoms with van der Waals surface area (Å²) in [7, 11) is 2.43. The molecule has 0 unspecified atom stereocenters. The van der Waals surface area contributed by atoms with Crippen LogP contribution in [0.2, 0.25) is 0 Å². The Balaban J connectivity index is 2.04. The molecule has 0 N–H and O–H groups in total. The largest absolute Gasteiger partial charge is 0.464 e. The molecule has 2 aromatic rings. The first kappa shape index (κ1) is 13.8. The Labute approximate surface area is 124 Å². The van der Waals surface area contributed by atoms with Crippen molar-refractivity contribution in [2.75, 3.05) is 14.2 Å². The zero-order valence-corrected chi connectivity index (χ0v) is 12.4. The third-order valence-corrected chi connectivity index (χ3v) is 4.56. The van der Waals surface area contributed by atoms with Gasteiger partial charge >= 0.3 is 11.9 Å². The Kier molecular flexibility index (Phi) is 3.50. The first-order chi connectivity index (χ1) is 10.1. The number of hydrogen-bond donors (Lipinski definition) is 0. The zero-order valence-electron chi connectivity index (χ0n) is 11.6. The molecule has 110 valence electrons. The normalized spacial score (nSPS) is 13.0. The molecule has 0 aliphatic heterocycles. The van der Waals surface area contributed by atoms with Gasteiger partial charge in [-0.05, 0) is 30.9 Å². The summed E-state index contributed by atoms with van der Waals surface area (Å²) in [6.07, 6.45) is 3.25. The second-order valence-electron chi connectivity index (χ2n) is 4.59. The van der Waals surface area contributed by atoms with Crippen LogP contribution >= 0.6 is 11.3 Å². The van der Waals surface area contributed by atoms with E-state index in [-0.39, 0.29) is 17.3 Å². The monoisotopic (exact) mass is 307 g/mol. The Morgan fingerprint density at radius 2 is 2.00 bits per heavy atom. The smallest absolute Gasteiger partial charge is 0.376 e. The highest BCUT2D eigenvalue weighted by Crippen LogP contribution is 2.36. The zero-order chi connectivity index (χ0) is 15.0. The molecule has 2 aromatic heterocycles. The number of carbonyl (C=O) groups is 2. The number of ether oxygens (including phenoxy) is 2. The molecule has 0 amide bonds. The van der Waals surface area contributed by atoms with Crippen LogP contribution in [0.25, 0.3) is 10.8 Å². The lowest BCUT2D eigenvalue weighted by Crippen LogP contribution is -2.10. The molecule has 0 aromatic carbocycles. The third kappa shape index (κ3) is 2.33. The quantitative estimate of drug-likeness (QED) is 0.811. The standard InChI is InChI=1S/C14H13NO5S/c1-18-13(16)10-11(14(17)19-2)20-12(15-10)9-6-7-4-3-5-8(7)21-9/h6H,3-5H2,1-2H3. The molecule has 0 fully saturated rings. The predicted octanol–water partition coefficient (Wildman–Crippen LogP) is 2.47. The number of hydrogen-bond acceptors (Lipinski definition) is 7. The van der Waals surface area contributed by atoms with Gasteiger partial charge in [0.15, 0.2) is 0 Å². The maximum Gasteiger partial charge on any atom is 0.376 e. The van der Waals surface area contributed by atoms with Gasteiger partial charge in [0.1, 0.15) is 0 Å². The summed E-state index contributed by atoms with van der Waals surface area (Å²) in [5.41, 5.74) is 1.13. The Morgan fingerprint density at radius 3 is 2.67 bits per heavy atom. The van der Waals surface area contributed by atoms with Crippen molar-refractivity contribution < 1.29 is 23.5 Å². The molecule has 6 nitrogen and oxygen atoms in total. The Hall–Kier alpha value is -2.15. The van der Waals surface area contributed by atoms with Crippen LogP contribution in [-0.4, -0.2) is 31.1 Å². The van der Waals surface area contributed by atoms with E-state index in [9.17, 15) is 9.59 Å². The minimum Gasteiger partial charge on any atom is -0.464 e. The summed E-state index contributed by atoms with van der Waals surface area (Å²) in [5.74, 6) is -1.46. The average Bonchev–Trinajstić information content (AvgIpc) is 3.17. The maximum atomic E-state index is 11.7. The van der Waals surface area contributed by atoms with Crippen LogP contribution < -0.4 is 0 Å². The van der Waals surface area contributed by atoms with E-state index in [2.05, 4.69) is 14.5 Å². The van der Waals surface area contributed by atoms with Crippen LogP contribution in [0.4, 0.5) is 0 Å². The lowest BCUT2D eigenvalue weighted by atomic mass is 10.2. The second-order valence-corrected chi connectivity index (χ2v) is 5.73. The number of methoxy groups -OCH3 is 2. The van der Waals surface area contributed by atoms with Crippen molar-refractivity contribution in [3.63, 3.8) is 0 Å². The molecule has 0 saturated heterocycles. The van der Waals surface area contributed by atoms with Crippen LogP contribution in [0.15, 0.2) is 10.5 Å². The molecule has 1 aliphatic rings. The van der Waals surface area contributed by atoms with Crippen molar-refractivity contribution in [3.8, 4) is 10.8 Å². The van der Waals surface area contributed by atoms with Gasteiger partial charge in [0, 0.05) is 4.88 Å². The van der Waals surface area contributed by atoms with E-state index in [1.54, 1.807) is 11.3 Å². The molecule has 2 heterocycles. The molecule has 0 spiro atoms. The Bertz CT molecular complexity index is 660. The van der Waals surface area contributed by atoms with Gasteiger partial charge in [-0.2, -0.15) is 0 Å². The molecular weight excluding hydrogens is 294 g/mol. The van der Waals surface area contributed by atoms with E-state index < -0.39 is 11.9 Å². The summed E-state index contributed by atoms with van der Waals surface area (Å²) in [5, 5.41) is 0. The Morgan fingerprint density at radius 1 is 1.24 bits per heavy atom. The van der Waals surface area contributed by atoms with E-state index in [1.807, 2.05) is 6.07 Å². The van der Waals surface area contributed by atoms with Crippen molar-refractivity contribution in [2.45, 2.75) is 19.3 Å². The van der Waals surface area contributed by atoms with E-state index in [0.717, 1.165) is 24.1 Å². The van der Waals surface area contributed by atoms with Crippen LogP contribution in [0.3, 0.4) is 0 Å². The molecule has 1 aliphatic carbocycles. The van der Waals surface area contributed by atoms with Crippen molar-refractivity contribution in [1.29, 1.82) is 0 Å². The SMILES string of the molecule is COC(=O)c1nc(-c2cc3c(s2)CCC3)oc1C(=O)OC. The summed E-state index contributed by atoms with van der Waals surface area (Å²) < 4.78 is 14.7. The summed E-state index contributed by atoms with van der Waals surface area (Å²) in [4.78, 5) is 29.6. The van der Waals surface area contributed by atoms with Gasteiger partial charge in [-0.1, -0.05) is 0 Å². The highest BCUT2D eigenvalue weighted by atomic mass is 32.1. The number of aromatic nitrogens is 1. The van der Waals surface area contributed by atoms with E-state index in [4.69, 9.17) is 4.42 Å². The highest BCUT2D eigenvalue weighted by Gasteiger charge is 2.28. The third-order valence-electron chi connectivity index (χ3n) is 3.33. The molecule has 3 rings (SSSR count). The molecule has 0 atom stereocenters. The lowest BCUT2D eigenvalue weighted by molar-refractivity contribution is 0.0527. The van der Waals surface area contributed by atoms with Gasteiger partial charge in [0.05, 0.1) is 19.1 Å². The summed E-state index contributed by atoms with van der Waals surface area (Å²) in [6.45, 7) is 0. The number of carbonyl (C=O) groups excluding carboxylic acids is 2. The van der Waals surface area contributed by atoms with Gasteiger partial charge in [0.25, 0.3) is 0 Å². The fourth-order valence-electron chi connectivity index (χ4n) is 2.33. The number of aryl methyl sites for hydroxylation is 2. The van der Waals surface area contributed by atoms with E-state index in [1.165, 1.54) is 24.7 Å². The van der Waals surface area contributed by atoms with Gasteiger partial charge < -0.3 is 13.9 Å². The van der Waals surface area contributed by atoms with E-state index in [0.29, 0.717) is 0 Å². The lowest BCUT2D eigenvalue weighted by Gasteiger charge is -1.96. The van der Waals surface area contributed by atoms with Crippen LogP contribution in [0, 0.1) is 0 Å². The minimum absolute atomic E-state index is 0.159. The van der Waals surface area contributed by atoms with Crippen LogP contribution in [-0.2, 0) is 22.3 Å². The predicted molar refractivity (Wildman–Crippen MR) is 74.5 cm³/mol. The molecular formula is C14H13NO5S. The van der Waals surface area contributed by atoms with Crippen molar-refractivity contribution in [3.05, 3.63) is 28.0 Å². The first-order valence-electron chi connectivity index (χ1n) is 6.43. The topological polar surface area (TPSA) is 78.6 Å². The number of rotatable bonds is 3. The van der Waals surface area contributed by atoms with Crippen molar-refractivity contribution in [1.82, 2.24) is 4.98 Å². The fourth-order valence-corrected chi connectivity index (χ4v) is 3.51. The minimum atomic E-state index is -0.752. The molecule has 0 radical (unpaired) electrons. The number of nitrogens with zero attached hydrogens (tertiary/aromatic N) is 1. The van der Waals surface area contributed by atoms with Crippen LogP contribution in [0.1, 0.15) is 37.9 Å². The second kappa shape index (κ2) is 5.33. The van der Waals surface area contributed by atoms with Gasteiger partial charge in [-0.25, -0.2) is 14.6 Å². The number of thiophene rings is 1. The fraction of sp³-hybridized carbons (Fsp3) is 0.357. The van der Waals surface area contributed by atoms with Crippen LogP contribution in [0.5, 0.6) is 0 Å². The number of fused-ring (bicyclic) bond motifs is 1. The summed E-state index contributed by atoms with van der Waals surface area (Å²) in [6, 6.07) is 2.00. The van der Waals surface area contributed by atoms with Crippen molar-refractivity contribution in [2.24, 2.45) is 0 Å². The van der Waals surface area contributed by atoms with Gasteiger partial charge in [-0.3, -0.25) is 0 Å². The van der Waals surface area contributed by atoms with E-state index >= 15 is 0 Å². The first-order valence-corrected chi connectivity index (χ1v) is 7.25. The average molecular weight is 307 g/mol. The van der Waals surface area contributed by atoms with Crippen molar-refractivity contribution >= 4 is 23.3 Å². The summed E-state index contributed by atoms with van der Waals surface area (Å²) >= 11 is 1.58. The molecule has 0 saturated carbocycles. The van der Waals surface area contributed by atoms with Gasteiger partial charge in [-0.15, -0.1) is 11.3 Å². The maximum absolute atomic E-state index is 11.7. The number of esters is 2. The highest BCUT2D eigenvalue weighted by molar-refractivity contribution is 7.15. The van der Waals surface area contributed by atoms with Gasteiger partial charge in [0.2, 0.25) is 17.3 Å².